The van der Waals surface area contributed by atoms with Gasteiger partial charge in [0.15, 0.2) is 0 Å². The summed E-state index contributed by atoms with van der Waals surface area (Å²) >= 11 is 0. The van der Waals surface area contributed by atoms with Gasteiger partial charge in [-0.3, -0.25) is 14.2 Å². The van der Waals surface area contributed by atoms with Gasteiger partial charge in [-0.25, -0.2) is 4.98 Å². The van der Waals surface area contributed by atoms with Crippen molar-refractivity contribution >= 4 is 22.8 Å². The Morgan fingerprint density at radius 3 is 2.54 bits per heavy atom. The average molecular weight is 380 g/mol. The molecule has 0 saturated heterocycles. The lowest BCUT2D eigenvalue weighted by molar-refractivity contribution is -0.308. The summed E-state index contributed by atoms with van der Waals surface area (Å²) in [6.45, 7) is 1.49. The molecule has 0 aliphatic carbocycles. The Kier molecular flexibility index (Phi) is 5.39. The zero-order valence-electron chi connectivity index (χ0n) is 15.0. The first-order chi connectivity index (χ1) is 13.4. The molecule has 2 aromatic carbocycles. The van der Waals surface area contributed by atoms with Gasteiger partial charge in [-0.1, -0.05) is 24.3 Å². The van der Waals surface area contributed by atoms with Crippen LogP contribution in [-0.4, -0.2) is 32.6 Å². The number of phenolic OH excluding ortho intramolecular Hbond substituents is 1. The van der Waals surface area contributed by atoms with Crippen LogP contribution in [0.4, 0.5) is 0 Å². The van der Waals surface area contributed by atoms with Crippen molar-refractivity contribution in [2.75, 3.05) is 0 Å². The number of hydrogen-bond acceptors (Lipinski definition) is 6. The highest BCUT2D eigenvalue weighted by Gasteiger charge is 2.21. The Morgan fingerprint density at radius 1 is 1.18 bits per heavy atom. The third-order valence-electron chi connectivity index (χ3n) is 4.46. The Bertz CT molecular complexity index is 1080. The van der Waals surface area contributed by atoms with E-state index in [0.717, 1.165) is 4.57 Å². The Hall–Kier alpha value is -3.68. The highest BCUT2D eigenvalue weighted by atomic mass is 16.4. The second-order valence-electron chi connectivity index (χ2n) is 6.40. The Morgan fingerprint density at radius 2 is 1.86 bits per heavy atom. The first-order valence-corrected chi connectivity index (χ1v) is 8.62. The van der Waals surface area contributed by atoms with Gasteiger partial charge < -0.3 is 20.3 Å². The van der Waals surface area contributed by atoms with Gasteiger partial charge in [-0.05, 0) is 43.2 Å². The predicted molar refractivity (Wildman–Crippen MR) is 99.5 cm³/mol. The van der Waals surface area contributed by atoms with Gasteiger partial charge in [-0.2, -0.15) is 0 Å². The quantitative estimate of drug-likeness (QED) is 0.627. The first-order valence-electron chi connectivity index (χ1n) is 8.62. The van der Waals surface area contributed by atoms with Gasteiger partial charge in [-0.15, -0.1) is 0 Å². The number of carboxylic acid groups (broad SMARTS) is 1. The minimum Gasteiger partial charge on any atom is -0.548 e. The summed E-state index contributed by atoms with van der Waals surface area (Å²) in [7, 11) is 0. The Balaban J connectivity index is 1.80. The van der Waals surface area contributed by atoms with E-state index in [4.69, 9.17) is 0 Å². The molecule has 0 radical (unpaired) electrons. The number of fused-ring (bicyclic) bond motifs is 1. The van der Waals surface area contributed by atoms with Crippen molar-refractivity contribution in [3.63, 3.8) is 0 Å². The minimum atomic E-state index is -1.45. The van der Waals surface area contributed by atoms with Crippen molar-refractivity contribution in [1.82, 2.24) is 14.9 Å². The molecular weight excluding hydrogens is 362 g/mol. The smallest absolute Gasteiger partial charge is 0.261 e. The number of benzene rings is 2. The fraction of sp³-hybridized carbons (Fsp3) is 0.200. The number of aromatic hydroxyl groups is 1. The van der Waals surface area contributed by atoms with E-state index < -0.39 is 29.5 Å². The summed E-state index contributed by atoms with van der Waals surface area (Å²) in [5.74, 6) is -2.04. The molecule has 0 saturated carbocycles. The van der Waals surface area contributed by atoms with E-state index >= 15 is 0 Å². The van der Waals surface area contributed by atoms with E-state index in [0.29, 0.717) is 16.5 Å². The van der Waals surface area contributed by atoms with Gasteiger partial charge in [0.05, 0.1) is 29.2 Å². The maximum Gasteiger partial charge on any atom is 0.261 e. The zero-order chi connectivity index (χ0) is 20.3. The molecule has 0 aliphatic heterocycles. The van der Waals surface area contributed by atoms with Gasteiger partial charge in [0.1, 0.15) is 11.8 Å². The summed E-state index contributed by atoms with van der Waals surface area (Å²) in [4.78, 5) is 40.8. The van der Waals surface area contributed by atoms with Crippen molar-refractivity contribution in [2.45, 2.75) is 25.4 Å². The molecule has 28 heavy (non-hydrogen) atoms. The number of amides is 1. The van der Waals surface area contributed by atoms with E-state index in [9.17, 15) is 24.6 Å². The number of aliphatic carboxylic acids is 1. The van der Waals surface area contributed by atoms with Crippen LogP contribution in [0.15, 0.2) is 59.7 Å². The minimum absolute atomic E-state index is 0.0219. The van der Waals surface area contributed by atoms with Crippen LogP contribution in [0, 0.1) is 0 Å². The number of hydrogen-bond donors (Lipinski definition) is 2. The fourth-order valence-corrected chi connectivity index (χ4v) is 2.84. The fourth-order valence-electron chi connectivity index (χ4n) is 2.84. The van der Waals surface area contributed by atoms with Gasteiger partial charge in [0, 0.05) is 0 Å². The number of nitrogens with one attached hydrogen (secondary N) is 1. The SMILES string of the molecule is C[C@@H](C(=O)N[C@@H](Cc1ccc(O)cc1)C(=O)[O-])n1cnc2ccccc2c1=O. The van der Waals surface area contributed by atoms with Crippen LogP contribution in [0.2, 0.25) is 0 Å². The van der Waals surface area contributed by atoms with E-state index in [1.807, 2.05) is 0 Å². The standard InChI is InChI=1S/C20H19N3O5/c1-12(23-11-21-16-5-3-2-4-15(16)19(23)26)18(25)22-17(20(27)28)10-13-6-8-14(24)9-7-13/h2-9,11-12,17,24H,10H2,1H3,(H,22,25)(H,27,28)/p-1/t12-,17-/m0/s1. The van der Waals surface area contributed by atoms with Crippen LogP contribution in [-0.2, 0) is 16.0 Å². The lowest BCUT2D eigenvalue weighted by Crippen LogP contribution is -2.51. The monoisotopic (exact) mass is 380 g/mol. The molecule has 144 valence electrons. The molecule has 8 nitrogen and oxygen atoms in total. The van der Waals surface area contributed by atoms with Crippen LogP contribution in [0.1, 0.15) is 18.5 Å². The van der Waals surface area contributed by atoms with Gasteiger partial charge >= 0.3 is 0 Å². The molecule has 3 rings (SSSR count). The highest BCUT2D eigenvalue weighted by Crippen LogP contribution is 2.12. The predicted octanol–water partition coefficient (Wildman–Crippen LogP) is 0.140. The van der Waals surface area contributed by atoms with Crippen LogP contribution in [0.3, 0.4) is 0 Å². The lowest BCUT2D eigenvalue weighted by atomic mass is 10.1. The second kappa shape index (κ2) is 7.91. The molecule has 1 amide bonds. The number of carboxylic acids is 1. The number of carbonyl (C=O) groups is 2. The Labute approximate surface area is 160 Å². The van der Waals surface area contributed by atoms with Crippen LogP contribution in [0.5, 0.6) is 5.75 Å². The number of rotatable bonds is 6. The van der Waals surface area contributed by atoms with Gasteiger partial charge in [0.25, 0.3) is 5.56 Å². The van der Waals surface area contributed by atoms with Crippen molar-refractivity contribution in [3.8, 4) is 5.75 Å². The number of phenols is 1. The van der Waals surface area contributed by atoms with Gasteiger partial charge in [0.2, 0.25) is 5.91 Å². The van der Waals surface area contributed by atoms with Crippen molar-refractivity contribution in [3.05, 3.63) is 70.8 Å². The molecular formula is C20H18N3O5-. The van der Waals surface area contributed by atoms with E-state index in [1.165, 1.54) is 25.4 Å². The molecule has 1 heterocycles. The summed E-state index contributed by atoms with van der Waals surface area (Å²) in [6.07, 6.45) is 1.24. The maximum absolute atomic E-state index is 12.6. The average Bonchev–Trinajstić information content (AvgIpc) is 2.69. The third kappa shape index (κ3) is 4.01. The zero-order valence-corrected chi connectivity index (χ0v) is 15.0. The topological polar surface area (TPSA) is 124 Å². The largest absolute Gasteiger partial charge is 0.548 e. The number of carbonyl (C=O) groups excluding carboxylic acids is 2. The van der Waals surface area contributed by atoms with E-state index in [2.05, 4.69) is 10.3 Å². The van der Waals surface area contributed by atoms with E-state index in [-0.39, 0.29) is 12.2 Å². The molecule has 0 aliphatic rings. The van der Waals surface area contributed by atoms with Crippen molar-refractivity contribution < 1.29 is 19.8 Å². The second-order valence-corrected chi connectivity index (χ2v) is 6.40. The van der Waals surface area contributed by atoms with Crippen LogP contribution in [0.25, 0.3) is 10.9 Å². The van der Waals surface area contributed by atoms with Crippen LogP contribution >= 0.6 is 0 Å². The maximum atomic E-state index is 12.6. The number of para-hydroxylation sites is 1. The molecule has 0 bridgehead atoms. The summed E-state index contributed by atoms with van der Waals surface area (Å²) in [5.41, 5.74) is 0.720. The third-order valence-corrected chi connectivity index (χ3v) is 4.46. The molecule has 2 N–H and O–H groups in total. The number of nitrogens with zero attached hydrogens (tertiary/aromatic N) is 2. The molecule has 1 aromatic heterocycles. The normalized spacial score (nSPS) is 13.0. The summed E-state index contributed by atoms with van der Waals surface area (Å²) in [6, 6.07) is 10.5. The number of aromatic nitrogens is 2. The summed E-state index contributed by atoms with van der Waals surface area (Å²) in [5, 5.41) is 23.5. The summed E-state index contributed by atoms with van der Waals surface area (Å²) < 4.78 is 1.16. The molecule has 0 unspecified atom stereocenters. The molecule has 0 fully saturated rings. The van der Waals surface area contributed by atoms with Crippen LogP contribution < -0.4 is 16.0 Å². The molecule has 0 spiro atoms. The molecule has 8 heteroatoms. The highest BCUT2D eigenvalue weighted by molar-refractivity contribution is 5.85. The molecule has 3 aromatic rings. The van der Waals surface area contributed by atoms with E-state index in [1.54, 1.807) is 36.4 Å². The first kappa shape index (κ1) is 19.1. The van der Waals surface area contributed by atoms with Crippen molar-refractivity contribution in [2.24, 2.45) is 0 Å². The van der Waals surface area contributed by atoms with Crippen molar-refractivity contribution in [1.29, 1.82) is 0 Å². The molecule has 2 atom stereocenters. The lowest BCUT2D eigenvalue weighted by Gasteiger charge is -2.23.